The summed E-state index contributed by atoms with van der Waals surface area (Å²) >= 11 is 0. The lowest BCUT2D eigenvalue weighted by Gasteiger charge is -2.07. The maximum absolute atomic E-state index is 8.76. The molecular weight excluding hydrogens is 174 g/mol. The van der Waals surface area contributed by atoms with Gasteiger partial charge in [0.25, 0.3) is 0 Å². The summed E-state index contributed by atoms with van der Waals surface area (Å²) in [7, 11) is 1.58. The first-order chi connectivity index (χ1) is 6.69. The summed E-state index contributed by atoms with van der Waals surface area (Å²) < 4.78 is 5.19. The number of methoxy groups -OCH3 is 1. The van der Waals surface area contributed by atoms with Gasteiger partial charge in [-0.25, -0.2) is 0 Å². The van der Waals surface area contributed by atoms with Crippen molar-refractivity contribution in [3.63, 3.8) is 0 Å². The van der Waals surface area contributed by atoms with Crippen molar-refractivity contribution in [2.75, 3.05) is 7.11 Å². The highest BCUT2D eigenvalue weighted by atomic mass is 16.5. The van der Waals surface area contributed by atoms with Crippen LogP contribution in [0.5, 0.6) is 0 Å². The zero-order valence-electron chi connectivity index (χ0n) is 8.66. The van der Waals surface area contributed by atoms with Gasteiger partial charge in [-0.2, -0.15) is 5.26 Å². The highest BCUT2D eigenvalue weighted by Crippen LogP contribution is 2.19. The van der Waals surface area contributed by atoms with Crippen LogP contribution in [0, 0.1) is 18.3 Å². The van der Waals surface area contributed by atoms with Crippen molar-refractivity contribution < 1.29 is 4.74 Å². The van der Waals surface area contributed by atoms with E-state index in [-0.39, 0.29) is 0 Å². The number of benzene rings is 1. The third-order valence-electron chi connectivity index (χ3n) is 2.03. The van der Waals surface area contributed by atoms with Gasteiger partial charge in [-0.1, -0.05) is 29.8 Å². The molecule has 0 fully saturated rings. The van der Waals surface area contributed by atoms with E-state index >= 15 is 0 Å². The number of rotatable bonds is 2. The fourth-order valence-electron chi connectivity index (χ4n) is 1.24. The topological polar surface area (TPSA) is 33.0 Å². The first-order valence-electron chi connectivity index (χ1n) is 4.41. The Hall–Kier alpha value is -1.75. The van der Waals surface area contributed by atoms with Crippen molar-refractivity contribution in [2.45, 2.75) is 13.8 Å². The Morgan fingerprint density at radius 1 is 1.29 bits per heavy atom. The van der Waals surface area contributed by atoms with Gasteiger partial charge in [-0.05, 0) is 13.8 Å². The zero-order valence-corrected chi connectivity index (χ0v) is 8.66. The summed E-state index contributed by atoms with van der Waals surface area (Å²) in [5.74, 6) is 0.646. The summed E-state index contributed by atoms with van der Waals surface area (Å²) in [6.07, 6.45) is 0. The second-order valence-corrected chi connectivity index (χ2v) is 3.14. The van der Waals surface area contributed by atoms with Crippen molar-refractivity contribution in [2.24, 2.45) is 0 Å². The van der Waals surface area contributed by atoms with Crippen LogP contribution in [0.4, 0.5) is 0 Å². The lowest BCUT2D eigenvalue weighted by atomic mass is 10.1. The Bertz CT molecular complexity index is 382. The molecule has 0 saturated carbocycles. The first kappa shape index (κ1) is 10.3. The van der Waals surface area contributed by atoms with Gasteiger partial charge in [0, 0.05) is 5.56 Å². The lowest BCUT2D eigenvalue weighted by molar-refractivity contribution is 0.368. The maximum atomic E-state index is 8.76. The van der Waals surface area contributed by atoms with Gasteiger partial charge in [0.2, 0.25) is 0 Å². The molecule has 0 N–H and O–H groups in total. The molecule has 0 saturated heterocycles. The number of nitriles is 1. The van der Waals surface area contributed by atoms with Crippen molar-refractivity contribution in [1.29, 1.82) is 5.26 Å². The van der Waals surface area contributed by atoms with E-state index in [0.29, 0.717) is 11.3 Å². The molecule has 14 heavy (non-hydrogen) atoms. The van der Waals surface area contributed by atoms with Crippen molar-refractivity contribution in [3.05, 3.63) is 41.0 Å². The quantitative estimate of drug-likeness (QED) is 0.527. The summed E-state index contributed by atoms with van der Waals surface area (Å²) in [6.45, 7) is 3.77. The largest absolute Gasteiger partial charge is 0.495 e. The van der Waals surface area contributed by atoms with Crippen LogP contribution in [0.1, 0.15) is 18.1 Å². The van der Waals surface area contributed by atoms with Crippen LogP contribution in [0.25, 0.3) is 5.76 Å². The SMILES string of the molecule is CO/C(=C(/C)C#N)c1ccc(C)cc1. The molecule has 1 aromatic carbocycles. The van der Waals surface area contributed by atoms with E-state index in [9.17, 15) is 0 Å². The average Bonchev–Trinajstić information content (AvgIpc) is 2.21. The monoisotopic (exact) mass is 187 g/mol. The number of nitrogens with zero attached hydrogens (tertiary/aromatic N) is 1. The zero-order chi connectivity index (χ0) is 10.6. The normalized spacial score (nSPS) is 11.6. The Kier molecular flexibility index (Phi) is 3.30. The molecule has 0 spiro atoms. The molecule has 1 rings (SSSR count). The van der Waals surface area contributed by atoms with Gasteiger partial charge < -0.3 is 4.74 Å². The number of allylic oxidation sites excluding steroid dienone is 1. The van der Waals surface area contributed by atoms with Crippen LogP contribution in [0.2, 0.25) is 0 Å². The van der Waals surface area contributed by atoms with Crippen LogP contribution in [-0.2, 0) is 4.74 Å². The highest BCUT2D eigenvalue weighted by molar-refractivity contribution is 5.65. The Morgan fingerprint density at radius 2 is 1.86 bits per heavy atom. The summed E-state index contributed by atoms with van der Waals surface area (Å²) in [5, 5.41) is 8.76. The molecule has 2 nitrogen and oxygen atoms in total. The van der Waals surface area contributed by atoms with Crippen molar-refractivity contribution >= 4 is 5.76 Å². The Labute approximate surface area is 84.4 Å². The summed E-state index contributed by atoms with van der Waals surface area (Å²) in [6, 6.07) is 9.99. The minimum Gasteiger partial charge on any atom is -0.495 e. The molecule has 2 heteroatoms. The fourth-order valence-corrected chi connectivity index (χ4v) is 1.24. The lowest BCUT2D eigenvalue weighted by Crippen LogP contribution is -1.90. The van der Waals surface area contributed by atoms with E-state index in [2.05, 4.69) is 6.07 Å². The maximum Gasteiger partial charge on any atom is 0.139 e. The third kappa shape index (κ3) is 2.14. The number of aryl methyl sites for hydroxylation is 1. The van der Waals surface area contributed by atoms with Crippen LogP contribution in [0.15, 0.2) is 29.8 Å². The van der Waals surface area contributed by atoms with Gasteiger partial charge >= 0.3 is 0 Å². The molecule has 0 amide bonds. The van der Waals surface area contributed by atoms with Gasteiger partial charge in [0.15, 0.2) is 0 Å². The molecule has 0 unspecified atom stereocenters. The van der Waals surface area contributed by atoms with Crippen LogP contribution < -0.4 is 0 Å². The molecule has 0 radical (unpaired) electrons. The first-order valence-corrected chi connectivity index (χ1v) is 4.41. The van der Waals surface area contributed by atoms with Crippen molar-refractivity contribution in [3.8, 4) is 6.07 Å². The van der Waals surface area contributed by atoms with Crippen LogP contribution in [0.3, 0.4) is 0 Å². The predicted molar refractivity (Wildman–Crippen MR) is 56.4 cm³/mol. The fraction of sp³-hybridized carbons (Fsp3) is 0.250. The number of hydrogen-bond donors (Lipinski definition) is 0. The molecule has 0 aliphatic heterocycles. The minimum atomic E-state index is 0.594. The molecule has 0 bridgehead atoms. The van der Waals surface area contributed by atoms with Crippen LogP contribution >= 0.6 is 0 Å². The number of hydrogen-bond acceptors (Lipinski definition) is 2. The highest BCUT2D eigenvalue weighted by Gasteiger charge is 2.04. The third-order valence-corrected chi connectivity index (χ3v) is 2.03. The van der Waals surface area contributed by atoms with E-state index < -0.39 is 0 Å². The molecular formula is C12H13NO. The summed E-state index contributed by atoms with van der Waals surface area (Å²) in [5.41, 5.74) is 2.73. The Balaban J connectivity index is 3.16. The molecule has 0 aromatic heterocycles. The van der Waals surface area contributed by atoms with Crippen molar-refractivity contribution in [1.82, 2.24) is 0 Å². The van der Waals surface area contributed by atoms with E-state index in [0.717, 1.165) is 5.56 Å². The molecule has 1 aromatic rings. The van der Waals surface area contributed by atoms with Gasteiger partial charge in [-0.15, -0.1) is 0 Å². The van der Waals surface area contributed by atoms with Crippen LogP contribution in [-0.4, -0.2) is 7.11 Å². The standard InChI is InChI=1S/C12H13NO/c1-9-4-6-11(7-5-9)12(14-3)10(2)8-13/h4-7H,1-3H3/b12-10-. The Morgan fingerprint density at radius 3 is 2.29 bits per heavy atom. The van der Waals surface area contributed by atoms with E-state index in [1.165, 1.54) is 5.56 Å². The second kappa shape index (κ2) is 4.48. The molecule has 72 valence electrons. The number of ether oxygens (including phenoxy) is 1. The molecule has 0 heterocycles. The minimum absolute atomic E-state index is 0.594. The van der Waals surface area contributed by atoms with E-state index in [4.69, 9.17) is 10.00 Å². The van der Waals surface area contributed by atoms with E-state index in [1.54, 1.807) is 14.0 Å². The van der Waals surface area contributed by atoms with Gasteiger partial charge in [0.1, 0.15) is 5.76 Å². The molecule has 0 atom stereocenters. The average molecular weight is 187 g/mol. The molecule has 0 aliphatic rings. The molecule has 0 aliphatic carbocycles. The summed E-state index contributed by atoms with van der Waals surface area (Å²) in [4.78, 5) is 0. The van der Waals surface area contributed by atoms with E-state index in [1.807, 2.05) is 31.2 Å². The predicted octanol–water partition coefficient (Wildman–Crippen LogP) is 2.90. The van der Waals surface area contributed by atoms with Gasteiger partial charge in [0.05, 0.1) is 18.8 Å². The van der Waals surface area contributed by atoms with Gasteiger partial charge in [-0.3, -0.25) is 0 Å². The second-order valence-electron chi connectivity index (χ2n) is 3.14. The smallest absolute Gasteiger partial charge is 0.139 e.